The normalized spacial score (nSPS) is 14.2. The fourth-order valence-corrected chi connectivity index (χ4v) is 2.75. The van der Waals surface area contributed by atoms with Gasteiger partial charge in [-0.2, -0.15) is 0 Å². The first-order valence-corrected chi connectivity index (χ1v) is 7.53. The van der Waals surface area contributed by atoms with E-state index in [-0.39, 0.29) is 0 Å². The van der Waals surface area contributed by atoms with Crippen LogP contribution >= 0.6 is 15.9 Å². The average Bonchev–Trinajstić information content (AvgIpc) is 2.38. The second kappa shape index (κ2) is 7.88. The molecule has 108 valence electrons. The van der Waals surface area contributed by atoms with E-state index in [1.54, 1.807) is 14.0 Å². The van der Waals surface area contributed by atoms with E-state index in [9.17, 15) is 5.11 Å². The van der Waals surface area contributed by atoms with Gasteiger partial charge in [0.25, 0.3) is 0 Å². The molecule has 1 N–H and O–H groups in total. The maximum Gasteiger partial charge on any atom is 0.0772 e. The lowest BCUT2D eigenvalue weighted by Crippen LogP contribution is -2.35. The summed E-state index contributed by atoms with van der Waals surface area (Å²) >= 11 is 3.54. The molecule has 0 saturated heterocycles. The third kappa shape index (κ3) is 4.48. The minimum absolute atomic E-state index is 0.458. The predicted octanol–water partition coefficient (Wildman–Crippen LogP) is 3.75. The van der Waals surface area contributed by atoms with E-state index in [0.717, 1.165) is 28.7 Å². The highest BCUT2D eigenvalue weighted by molar-refractivity contribution is 9.10. The Hall–Kier alpha value is -0.580. The first-order chi connectivity index (χ1) is 9.01. The first kappa shape index (κ1) is 16.5. The van der Waals surface area contributed by atoms with Crippen LogP contribution in [0.2, 0.25) is 0 Å². The molecule has 0 spiro atoms. The highest BCUT2D eigenvalue weighted by atomic mass is 79.9. The van der Waals surface area contributed by atoms with Gasteiger partial charge >= 0.3 is 0 Å². The quantitative estimate of drug-likeness (QED) is 0.826. The van der Waals surface area contributed by atoms with Crippen LogP contribution in [0.15, 0.2) is 22.7 Å². The summed E-state index contributed by atoms with van der Waals surface area (Å²) in [6.07, 6.45) is 0.624. The molecule has 0 radical (unpaired) electrons. The lowest BCUT2D eigenvalue weighted by Gasteiger charge is -2.31. The third-order valence-corrected chi connectivity index (χ3v) is 4.11. The molecule has 1 aromatic carbocycles. The monoisotopic (exact) mass is 329 g/mol. The summed E-state index contributed by atoms with van der Waals surface area (Å²) in [7, 11) is 1.72. The van der Waals surface area contributed by atoms with Crippen LogP contribution in [0, 0.1) is 0 Å². The molecular weight excluding hydrogens is 306 g/mol. The molecule has 0 bridgehead atoms. The number of nitrogens with zero attached hydrogens (tertiary/aromatic N) is 1. The van der Waals surface area contributed by atoms with Crippen molar-refractivity contribution in [2.24, 2.45) is 0 Å². The van der Waals surface area contributed by atoms with E-state index in [1.165, 1.54) is 0 Å². The summed E-state index contributed by atoms with van der Waals surface area (Å²) in [5.41, 5.74) is 2.07. The summed E-state index contributed by atoms with van der Waals surface area (Å²) in [5.74, 6) is 0. The van der Waals surface area contributed by atoms with Gasteiger partial charge in [-0.3, -0.25) is 0 Å². The lowest BCUT2D eigenvalue weighted by molar-refractivity contribution is 0.198. The maximum absolute atomic E-state index is 9.67. The number of hydrogen-bond acceptors (Lipinski definition) is 3. The van der Waals surface area contributed by atoms with E-state index in [2.05, 4.69) is 46.8 Å². The minimum Gasteiger partial charge on any atom is -0.389 e. The summed E-state index contributed by atoms with van der Waals surface area (Å²) in [4.78, 5) is 2.33. The molecule has 0 aliphatic rings. The molecule has 0 saturated carbocycles. The fraction of sp³-hybridized carbons (Fsp3) is 0.600. The number of halogens is 1. The Balaban J connectivity index is 2.99. The van der Waals surface area contributed by atoms with Crippen molar-refractivity contribution >= 4 is 21.6 Å². The Morgan fingerprint density at radius 3 is 2.53 bits per heavy atom. The van der Waals surface area contributed by atoms with Gasteiger partial charge in [0.1, 0.15) is 0 Å². The smallest absolute Gasteiger partial charge is 0.0772 e. The SMILES string of the molecule is CCC(C)N(CCOC)c1ccc(C(C)O)c(Br)c1. The molecule has 2 atom stereocenters. The standard InChI is InChI=1S/C15H24BrNO2/c1-5-11(2)17(8-9-19-4)13-6-7-14(12(3)18)15(16)10-13/h6-7,10-12,18H,5,8-9H2,1-4H3. The number of benzene rings is 1. The summed E-state index contributed by atoms with van der Waals surface area (Å²) in [5, 5.41) is 9.67. The number of rotatable bonds is 7. The van der Waals surface area contributed by atoms with Crippen LogP contribution in [0.4, 0.5) is 5.69 Å². The highest BCUT2D eigenvalue weighted by Gasteiger charge is 2.15. The summed E-state index contributed by atoms with van der Waals surface area (Å²) < 4.78 is 6.14. The summed E-state index contributed by atoms with van der Waals surface area (Å²) in [6, 6.07) is 6.57. The van der Waals surface area contributed by atoms with E-state index in [1.807, 2.05) is 6.07 Å². The zero-order chi connectivity index (χ0) is 14.4. The zero-order valence-electron chi connectivity index (χ0n) is 12.2. The molecule has 2 unspecified atom stereocenters. The van der Waals surface area contributed by atoms with Crippen LogP contribution in [0.25, 0.3) is 0 Å². The largest absolute Gasteiger partial charge is 0.389 e. The molecule has 0 aliphatic heterocycles. The molecule has 0 fully saturated rings. The molecule has 0 aliphatic carbocycles. The van der Waals surface area contributed by atoms with Crippen LogP contribution in [-0.4, -0.2) is 31.4 Å². The van der Waals surface area contributed by atoms with Crippen molar-refractivity contribution in [3.63, 3.8) is 0 Å². The van der Waals surface area contributed by atoms with Gasteiger partial charge in [-0.25, -0.2) is 0 Å². The predicted molar refractivity (Wildman–Crippen MR) is 83.8 cm³/mol. The molecule has 0 amide bonds. The molecule has 3 nitrogen and oxygen atoms in total. The lowest BCUT2D eigenvalue weighted by atomic mass is 10.1. The van der Waals surface area contributed by atoms with Crippen LogP contribution < -0.4 is 4.90 Å². The Bertz CT molecular complexity index is 396. The molecule has 4 heteroatoms. The van der Waals surface area contributed by atoms with Crippen LogP contribution in [0.1, 0.15) is 38.9 Å². The third-order valence-electron chi connectivity index (χ3n) is 3.42. The average molecular weight is 330 g/mol. The second-order valence-electron chi connectivity index (χ2n) is 4.83. The number of hydrogen-bond donors (Lipinski definition) is 1. The van der Waals surface area contributed by atoms with Gasteiger partial charge in [0.15, 0.2) is 0 Å². The van der Waals surface area contributed by atoms with Gasteiger partial charge in [0.05, 0.1) is 12.7 Å². The van der Waals surface area contributed by atoms with Crippen LogP contribution in [0.5, 0.6) is 0 Å². The van der Waals surface area contributed by atoms with Crippen molar-refractivity contribution in [2.75, 3.05) is 25.2 Å². The van der Waals surface area contributed by atoms with Gasteiger partial charge < -0.3 is 14.7 Å². The molecule has 1 aromatic rings. The number of aliphatic hydroxyl groups is 1. The van der Waals surface area contributed by atoms with E-state index in [0.29, 0.717) is 12.6 Å². The molecule has 0 aromatic heterocycles. The number of methoxy groups -OCH3 is 1. The van der Waals surface area contributed by atoms with Crippen molar-refractivity contribution in [2.45, 2.75) is 39.3 Å². The van der Waals surface area contributed by atoms with E-state index < -0.39 is 6.10 Å². The van der Waals surface area contributed by atoms with E-state index in [4.69, 9.17) is 4.74 Å². The molecular formula is C15H24BrNO2. The highest BCUT2D eigenvalue weighted by Crippen LogP contribution is 2.29. The topological polar surface area (TPSA) is 32.7 Å². The number of anilines is 1. The molecule has 1 rings (SSSR count). The van der Waals surface area contributed by atoms with Crippen molar-refractivity contribution in [3.05, 3.63) is 28.2 Å². The van der Waals surface area contributed by atoms with Crippen LogP contribution in [-0.2, 0) is 4.74 Å². The van der Waals surface area contributed by atoms with Gasteiger partial charge in [0, 0.05) is 29.9 Å². The summed E-state index contributed by atoms with van der Waals surface area (Å²) in [6.45, 7) is 7.75. The Morgan fingerprint density at radius 1 is 1.37 bits per heavy atom. The maximum atomic E-state index is 9.67. The van der Waals surface area contributed by atoms with Crippen molar-refractivity contribution in [3.8, 4) is 0 Å². The van der Waals surface area contributed by atoms with E-state index >= 15 is 0 Å². The van der Waals surface area contributed by atoms with Crippen LogP contribution in [0.3, 0.4) is 0 Å². The van der Waals surface area contributed by atoms with Crippen molar-refractivity contribution in [1.82, 2.24) is 0 Å². The minimum atomic E-state index is -0.459. The second-order valence-corrected chi connectivity index (χ2v) is 5.68. The van der Waals surface area contributed by atoms with Gasteiger partial charge in [-0.05, 0) is 38.0 Å². The first-order valence-electron chi connectivity index (χ1n) is 6.74. The Labute approximate surface area is 124 Å². The molecule has 0 heterocycles. The number of aliphatic hydroxyl groups excluding tert-OH is 1. The van der Waals surface area contributed by atoms with Gasteiger partial charge in [-0.15, -0.1) is 0 Å². The molecule has 19 heavy (non-hydrogen) atoms. The Kier molecular flexibility index (Phi) is 6.83. The van der Waals surface area contributed by atoms with Gasteiger partial charge in [0.2, 0.25) is 0 Å². The van der Waals surface area contributed by atoms with Crippen molar-refractivity contribution < 1.29 is 9.84 Å². The Morgan fingerprint density at radius 2 is 2.05 bits per heavy atom. The fourth-order valence-electron chi connectivity index (χ4n) is 2.05. The number of ether oxygens (including phenoxy) is 1. The van der Waals surface area contributed by atoms with Crippen molar-refractivity contribution in [1.29, 1.82) is 0 Å². The van der Waals surface area contributed by atoms with Gasteiger partial charge in [-0.1, -0.05) is 28.9 Å². The zero-order valence-corrected chi connectivity index (χ0v) is 13.8.